The van der Waals surface area contributed by atoms with Crippen molar-refractivity contribution >= 4 is 22.7 Å². The summed E-state index contributed by atoms with van der Waals surface area (Å²) < 4.78 is 0. The van der Waals surface area contributed by atoms with Crippen LogP contribution in [0, 0.1) is 5.92 Å². The summed E-state index contributed by atoms with van der Waals surface area (Å²) in [6.07, 6.45) is 4.57. The molecule has 3 nitrogen and oxygen atoms in total. The van der Waals surface area contributed by atoms with Crippen LogP contribution in [0.4, 0.5) is 5.69 Å². The van der Waals surface area contributed by atoms with E-state index in [2.05, 4.69) is 113 Å². The first-order valence-corrected chi connectivity index (χ1v) is 15.6. The van der Waals surface area contributed by atoms with Gasteiger partial charge in [0.25, 0.3) is 0 Å². The molecule has 1 N–H and O–H groups in total. The van der Waals surface area contributed by atoms with Crippen LogP contribution >= 0.6 is 0 Å². The first kappa shape index (κ1) is 28.2. The summed E-state index contributed by atoms with van der Waals surface area (Å²) >= 11 is 0. The minimum Gasteiger partial charge on any atom is -0.326 e. The highest BCUT2D eigenvalue weighted by Crippen LogP contribution is 2.51. The van der Waals surface area contributed by atoms with Gasteiger partial charge in [0.05, 0.1) is 0 Å². The average Bonchev–Trinajstić information content (AvgIpc) is 3.36. The van der Waals surface area contributed by atoms with E-state index in [9.17, 15) is 4.79 Å². The maximum Gasteiger partial charge on any atom is 0.226 e. The van der Waals surface area contributed by atoms with Gasteiger partial charge in [-0.15, -0.1) is 0 Å². The highest BCUT2D eigenvalue weighted by Gasteiger charge is 2.32. The lowest BCUT2D eigenvalue weighted by atomic mass is 9.85. The Morgan fingerprint density at radius 2 is 1.48 bits per heavy atom. The Kier molecular flexibility index (Phi) is 8.67. The number of nitrogens with one attached hydrogen (secondary N) is 1. The van der Waals surface area contributed by atoms with Crippen LogP contribution in [0.15, 0.2) is 109 Å². The second-order valence-electron chi connectivity index (χ2n) is 12.2. The van der Waals surface area contributed by atoms with E-state index in [0.29, 0.717) is 5.92 Å². The molecule has 4 aromatic rings. The number of hydrogen-bond acceptors (Lipinski definition) is 2. The number of carbonyl (C=O) groups excluding carboxylic acids is 1. The van der Waals surface area contributed by atoms with E-state index in [1.54, 1.807) is 0 Å². The molecule has 2 aliphatic rings. The zero-order valence-electron chi connectivity index (χ0n) is 24.9. The Hall–Kier alpha value is -3.95. The number of hydrogen-bond donors (Lipinski definition) is 1. The zero-order chi connectivity index (χ0) is 28.9. The van der Waals surface area contributed by atoms with Crippen LogP contribution in [-0.4, -0.2) is 30.4 Å². The summed E-state index contributed by atoms with van der Waals surface area (Å²) in [4.78, 5) is 14.8. The van der Waals surface area contributed by atoms with Crippen LogP contribution in [0.2, 0.25) is 0 Å². The molecule has 3 heteroatoms. The minimum absolute atomic E-state index is 0.0154. The summed E-state index contributed by atoms with van der Waals surface area (Å²) in [5.74, 6) is 0.889. The van der Waals surface area contributed by atoms with Crippen LogP contribution in [-0.2, 0) is 4.79 Å². The molecule has 42 heavy (non-hydrogen) atoms. The van der Waals surface area contributed by atoms with Crippen LogP contribution in [0.1, 0.15) is 79.2 Å². The fraction of sp³-hybridized carbons (Fsp3) is 0.308. The van der Waals surface area contributed by atoms with Crippen molar-refractivity contribution in [3.8, 4) is 0 Å². The predicted octanol–water partition coefficient (Wildman–Crippen LogP) is 9.00. The monoisotopic (exact) mass is 554 g/mol. The molecule has 0 radical (unpaired) electrons. The molecule has 1 heterocycles. The molecule has 0 bridgehead atoms. The van der Waals surface area contributed by atoms with Crippen molar-refractivity contribution in [1.29, 1.82) is 0 Å². The number of benzene rings is 4. The normalized spacial score (nSPS) is 17.5. The first-order valence-electron chi connectivity index (χ1n) is 15.6. The lowest BCUT2D eigenvalue weighted by Gasteiger charge is -2.32. The number of fused-ring (bicyclic) bond motifs is 1. The lowest BCUT2D eigenvalue weighted by Crippen LogP contribution is -2.33. The van der Waals surface area contributed by atoms with E-state index in [0.717, 1.165) is 38.2 Å². The third-order valence-corrected chi connectivity index (χ3v) is 9.07. The smallest absolute Gasteiger partial charge is 0.226 e. The van der Waals surface area contributed by atoms with Crippen LogP contribution in [0.5, 0.6) is 0 Å². The van der Waals surface area contributed by atoms with Gasteiger partial charge in [-0.3, -0.25) is 4.79 Å². The summed E-state index contributed by atoms with van der Waals surface area (Å²) in [7, 11) is 0. The number of likely N-dealkylation sites (tertiary alicyclic amines) is 1. The molecule has 6 rings (SSSR count). The van der Waals surface area contributed by atoms with Crippen molar-refractivity contribution in [2.24, 2.45) is 5.92 Å². The fourth-order valence-electron chi connectivity index (χ4n) is 6.84. The molecule has 1 fully saturated rings. The van der Waals surface area contributed by atoms with Crippen LogP contribution < -0.4 is 5.32 Å². The number of nitrogens with zero attached hydrogens (tertiary/aromatic N) is 1. The van der Waals surface area contributed by atoms with Crippen LogP contribution in [0.25, 0.3) is 11.1 Å². The summed E-state index contributed by atoms with van der Waals surface area (Å²) in [5.41, 5.74) is 10.8. The van der Waals surface area contributed by atoms with E-state index >= 15 is 0 Å². The number of amides is 1. The number of rotatable bonds is 9. The van der Waals surface area contributed by atoms with Gasteiger partial charge in [-0.05, 0) is 102 Å². The highest BCUT2D eigenvalue weighted by molar-refractivity contribution is 6.01. The lowest BCUT2D eigenvalue weighted by molar-refractivity contribution is -0.118. The predicted molar refractivity (Wildman–Crippen MR) is 176 cm³/mol. The Balaban J connectivity index is 1.14. The van der Waals surface area contributed by atoms with E-state index in [1.807, 2.05) is 19.9 Å². The summed E-state index contributed by atoms with van der Waals surface area (Å²) in [6.45, 7) is 7.24. The molecular weight excluding hydrogens is 512 g/mol. The van der Waals surface area contributed by atoms with E-state index < -0.39 is 0 Å². The van der Waals surface area contributed by atoms with Crippen molar-refractivity contribution in [2.45, 2.75) is 51.4 Å². The van der Waals surface area contributed by atoms with Gasteiger partial charge in [-0.2, -0.15) is 0 Å². The van der Waals surface area contributed by atoms with E-state index in [1.165, 1.54) is 51.8 Å². The number of piperidine rings is 1. The second kappa shape index (κ2) is 12.9. The van der Waals surface area contributed by atoms with Gasteiger partial charge in [0.2, 0.25) is 5.91 Å². The van der Waals surface area contributed by atoms with Gasteiger partial charge in [-0.1, -0.05) is 111 Å². The van der Waals surface area contributed by atoms with Gasteiger partial charge < -0.3 is 10.2 Å². The third kappa shape index (κ3) is 6.12. The topological polar surface area (TPSA) is 32.3 Å². The Morgan fingerprint density at radius 3 is 2.21 bits per heavy atom. The van der Waals surface area contributed by atoms with Crippen molar-refractivity contribution in [1.82, 2.24) is 4.90 Å². The fourth-order valence-corrected chi connectivity index (χ4v) is 6.84. The Labute approximate surface area is 251 Å². The average molecular weight is 555 g/mol. The standard InChI is InChI=1S/C39H42N2O/c1-28(2)39(42)40-33-18-11-17-32(27-33)29-22-25-41(26-23-29)24-12-21-36-34-19-9-10-20-35(34)37(30-13-5-3-6-14-30)38(36)31-15-7-4-8-16-31/h3-11,13-20,27-29,37H,12,21-26H2,1-2H3,(H,40,42). The molecule has 1 unspecified atom stereocenters. The number of allylic oxidation sites excluding steroid dienone is 2. The molecular formula is C39H42N2O. The SMILES string of the molecule is CC(C)C(=O)Nc1cccc(C2CCN(CCCC3=C(c4ccccc4)C(c4ccccc4)c4ccccc43)CC2)c1. The van der Waals surface area contributed by atoms with Gasteiger partial charge in [0.15, 0.2) is 0 Å². The summed E-state index contributed by atoms with van der Waals surface area (Å²) in [5, 5.41) is 3.07. The molecule has 0 saturated carbocycles. The Morgan fingerprint density at radius 1 is 0.810 bits per heavy atom. The van der Waals surface area contributed by atoms with Gasteiger partial charge in [0, 0.05) is 17.5 Å². The van der Waals surface area contributed by atoms with Crippen molar-refractivity contribution in [3.63, 3.8) is 0 Å². The van der Waals surface area contributed by atoms with E-state index in [-0.39, 0.29) is 17.7 Å². The van der Waals surface area contributed by atoms with Crippen molar-refractivity contribution in [3.05, 3.63) is 137 Å². The second-order valence-corrected chi connectivity index (χ2v) is 12.2. The number of anilines is 1. The summed E-state index contributed by atoms with van der Waals surface area (Å²) in [6, 6.07) is 39.6. The molecule has 214 valence electrons. The van der Waals surface area contributed by atoms with Crippen molar-refractivity contribution < 1.29 is 4.79 Å². The van der Waals surface area contributed by atoms with Gasteiger partial charge >= 0.3 is 0 Å². The molecule has 0 spiro atoms. The molecule has 1 saturated heterocycles. The quantitative estimate of drug-likeness (QED) is 0.224. The first-order chi connectivity index (χ1) is 20.6. The maximum atomic E-state index is 12.2. The largest absolute Gasteiger partial charge is 0.326 e. The van der Waals surface area contributed by atoms with Gasteiger partial charge in [0.1, 0.15) is 0 Å². The van der Waals surface area contributed by atoms with Gasteiger partial charge in [-0.25, -0.2) is 0 Å². The maximum absolute atomic E-state index is 12.2. The van der Waals surface area contributed by atoms with Crippen molar-refractivity contribution in [2.75, 3.05) is 25.0 Å². The Bertz CT molecular complexity index is 1530. The molecule has 1 amide bonds. The molecule has 0 aromatic heterocycles. The molecule has 4 aromatic carbocycles. The number of carbonyl (C=O) groups is 1. The molecule has 1 aliphatic carbocycles. The minimum atomic E-state index is -0.0154. The highest BCUT2D eigenvalue weighted by atomic mass is 16.1. The third-order valence-electron chi connectivity index (χ3n) is 9.07. The van der Waals surface area contributed by atoms with Crippen LogP contribution in [0.3, 0.4) is 0 Å². The zero-order valence-corrected chi connectivity index (χ0v) is 24.9. The molecule has 1 atom stereocenters. The molecule has 1 aliphatic heterocycles. The van der Waals surface area contributed by atoms with E-state index in [4.69, 9.17) is 0 Å².